The number of thiophene rings is 1. The van der Waals surface area contributed by atoms with Crippen molar-refractivity contribution in [2.45, 2.75) is 32.7 Å². The minimum Gasteiger partial charge on any atom is -0.495 e. The molecule has 0 fully saturated rings. The molecule has 0 radical (unpaired) electrons. The summed E-state index contributed by atoms with van der Waals surface area (Å²) in [5, 5.41) is 3.55. The van der Waals surface area contributed by atoms with E-state index in [1.165, 1.54) is 15.3 Å². The van der Waals surface area contributed by atoms with Gasteiger partial charge in [0.05, 0.1) is 13.3 Å². The van der Waals surface area contributed by atoms with Gasteiger partial charge in [-0.1, -0.05) is 13.8 Å². The second kappa shape index (κ2) is 7.41. The van der Waals surface area contributed by atoms with Gasteiger partial charge in [-0.3, -0.25) is 4.98 Å². The molecule has 0 amide bonds. The topological polar surface area (TPSA) is 34.2 Å². The second-order valence-electron chi connectivity index (χ2n) is 4.65. The number of rotatable bonds is 7. The van der Waals surface area contributed by atoms with E-state index >= 15 is 0 Å². The molecule has 0 spiro atoms. The van der Waals surface area contributed by atoms with Crippen molar-refractivity contribution in [1.29, 1.82) is 0 Å². The Morgan fingerprint density at radius 2 is 2.05 bits per heavy atom. The van der Waals surface area contributed by atoms with Crippen LogP contribution in [0, 0.1) is 0 Å². The summed E-state index contributed by atoms with van der Waals surface area (Å²) in [7, 11) is 1.70. The van der Waals surface area contributed by atoms with Crippen LogP contribution < -0.4 is 10.1 Å². The van der Waals surface area contributed by atoms with Crippen molar-refractivity contribution in [3.8, 4) is 5.75 Å². The summed E-state index contributed by atoms with van der Waals surface area (Å²) in [5.41, 5.74) is 1.18. The van der Waals surface area contributed by atoms with Gasteiger partial charge in [0, 0.05) is 34.0 Å². The summed E-state index contributed by atoms with van der Waals surface area (Å²) >= 11 is 1.90. The molecule has 0 aliphatic heterocycles. The summed E-state index contributed by atoms with van der Waals surface area (Å²) in [4.78, 5) is 6.98. The first kappa shape index (κ1) is 15.0. The normalized spacial score (nSPS) is 12.3. The van der Waals surface area contributed by atoms with E-state index in [9.17, 15) is 0 Å². The fraction of sp³-hybridized carbons (Fsp3) is 0.438. The molecule has 0 aliphatic carbocycles. The minimum atomic E-state index is 0.265. The third kappa shape index (κ3) is 3.58. The number of aryl methyl sites for hydroxylation is 1. The van der Waals surface area contributed by atoms with Gasteiger partial charge in [0.15, 0.2) is 0 Å². The molecular weight excluding hydrogens is 268 g/mol. The molecule has 2 rings (SSSR count). The van der Waals surface area contributed by atoms with Crippen LogP contribution >= 0.6 is 11.3 Å². The summed E-state index contributed by atoms with van der Waals surface area (Å²) in [5.74, 6) is 0.853. The predicted molar refractivity (Wildman–Crippen MR) is 84.6 cm³/mol. The van der Waals surface area contributed by atoms with E-state index in [2.05, 4.69) is 36.3 Å². The van der Waals surface area contributed by atoms with Crippen molar-refractivity contribution >= 4 is 11.3 Å². The number of hydrogen-bond donors (Lipinski definition) is 1. The number of methoxy groups -OCH3 is 1. The molecular formula is C16H22N2OS. The first-order chi connectivity index (χ1) is 9.78. The van der Waals surface area contributed by atoms with E-state index in [4.69, 9.17) is 4.74 Å². The molecule has 1 atom stereocenters. The van der Waals surface area contributed by atoms with Gasteiger partial charge in [-0.2, -0.15) is 0 Å². The van der Waals surface area contributed by atoms with Crippen LogP contribution in [-0.2, 0) is 12.8 Å². The largest absolute Gasteiger partial charge is 0.495 e. The van der Waals surface area contributed by atoms with Gasteiger partial charge in [-0.05, 0) is 31.2 Å². The number of hydrogen-bond acceptors (Lipinski definition) is 4. The minimum absolute atomic E-state index is 0.265. The van der Waals surface area contributed by atoms with Crippen molar-refractivity contribution < 1.29 is 4.74 Å². The Balaban J connectivity index is 2.21. The number of ether oxygens (including phenoxy) is 1. The van der Waals surface area contributed by atoms with E-state index in [1.54, 1.807) is 13.3 Å². The molecule has 2 heterocycles. The van der Waals surface area contributed by atoms with Crippen LogP contribution in [0.2, 0.25) is 0 Å². The molecule has 3 nitrogen and oxygen atoms in total. The van der Waals surface area contributed by atoms with E-state index < -0.39 is 0 Å². The average Bonchev–Trinajstić information content (AvgIpc) is 2.94. The SMILES string of the molecule is CCNC(Cc1ccc(CC)s1)c1ccncc1OC. The number of pyridine rings is 1. The first-order valence-electron chi connectivity index (χ1n) is 7.07. The summed E-state index contributed by atoms with van der Waals surface area (Å²) in [6.45, 7) is 5.26. The van der Waals surface area contributed by atoms with Gasteiger partial charge >= 0.3 is 0 Å². The van der Waals surface area contributed by atoms with Crippen LogP contribution in [0.4, 0.5) is 0 Å². The Morgan fingerprint density at radius 1 is 1.25 bits per heavy atom. The van der Waals surface area contributed by atoms with Gasteiger partial charge in [0.2, 0.25) is 0 Å². The second-order valence-corrected chi connectivity index (χ2v) is 5.91. The molecule has 0 bridgehead atoms. The lowest BCUT2D eigenvalue weighted by Gasteiger charge is -2.19. The third-order valence-electron chi connectivity index (χ3n) is 3.33. The Hall–Kier alpha value is -1.39. The molecule has 0 aromatic carbocycles. The highest BCUT2D eigenvalue weighted by molar-refractivity contribution is 7.11. The van der Waals surface area contributed by atoms with Crippen molar-refractivity contribution in [3.05, 3.63) is 45.9 Å². The lowest BCUT2D eigenvalue weighted by atomic mass is 10.0. The van der Waals surface area contributed by atoms with Crippen molar-refractivity contribution in [1.82, 2.24) is 10.3 Å². The van der Waals surface area contributed by atoms with Gasteiger partial charge in [-0.15, -0.1) is 11.3 Å². The lowest BCUT2D eigenvalue weighted by Crippen LogP contribution is -2.23. The standard InChI is InChI=1S/C16H22N2OS/c1-4-12-6-7-13(20-12)10-15(18-5-2)14-8-9-17-11-16(14)19-3/h6-9,11,15,18H,4-5,10H2,1-3H3. The van der Waals surface area contributed by atoms with Crippen LogP contribution in [0.1, 0.15) is 35.2 Å². The van der Waals surface area contributed by atoms with E-state index in [0.29, 0.717) is 0 Å². The van der Waals surface area contributed by atoms with Crippen molar-refractivity contribution in [2.75, 3.05) is 13.7 Å². The lowest BCUT2D eigenvalue weighted by molar-refractivity contribution is 0.397. The molecule has 1 unspecified atom stereocenters. The molecule has 0 aliphatic rings. The highest BCUT2D eigenvalue weighted by Gasteiger charge is 2.16. The number of nitrogens with zero attached hydrogens (tertiary/aromatic N) is 1. The molecule has 4 heteroatoms. The first-order valence-corrected chi connectivity index (χ1v) is 7.89. The zero-order valence-electron chi connectivity index (χ0n) is 12.3. The fourth-order valence-electron chi connectivity index (χ4n) is 2.31. The number of likely N-dealkylation sites (N-methyl/N-ethyl adjacent to an activating group) is 1. The smallest absolute Gasteiger partial charge is 0.141 e. The monoisotopic (exact) mass is 290 g/mol. The molecule has 20 heavy (non-hydrogen) atoms. The van der Waals surface area contributed by atoms with Crippen molar-refractivity contribution in [3.63, 3.8) is 0 Å². The molecule has 0 saturated heterocycles. The molecule has 1 N–H and O–H groups in total. The van der Waals surface area contributed by atoms with Gasteiger partial charge < -0.3 is 10.1 Å². The van der Waals surface area contributed by atoms with Gasteiger partial charge in [0.25, 0.3) is 0 Å². The van der Waals surface area contributed by atoms with E-state index in [1.807, 2.05) is 23.6 Å². The van der Waals surface area contributed by atoms with Gasteiger partial charge in [-0.25, -0.2) is 0 Å². The zero-order valence-corrected chi connectivity index (χ0v) is 13.2. The highest BCUT2D eigenvalue weighted by Crippen LogP contribution is 2.29. The van der Waals surface area contributed by atoms with E-state index in [0.717, 1.165) is 25.1 Å². The molecule has 0 saturated carbocycles. The van der Waals surface area contributed by atoms with Crippen LogP contribution in [0.5, 0.6) is 5.75 Å². The maximum absolute atomic E-state index is 5.44. The van der Waals surface area contributed by atoms with Gasteiger partial charge in [0.1, 0.15) is 5.75 Å². The average molecular weight is 290 g/mol. The fourth-order valence-corrected chi connectivity index (χ4v) is 3.31. The van der Waals surface area contributed by atoms with Crippen LogP contribution in [-0.4, -0.2) is 18.6 Å². The number of aromatic nitrogens is 1. The van der Waals surface area contributed by atoms with Crippen LogP contribution in [0.15, 0.2) is 30.6 Å². The Kier molecular flexibility index (Phi) is 5.56. The Labute approximate surface area is 125 Å². The molecule has 108 valence electrons. The zero-order chi connectivity index (χ0) is 14.4. The maximum atomic E-state index is 5.44. The van der Waals surface area contributed by atoms with Crippen LogP contribution in [0.25, 0.3) is 0 Å². The van der Waals surface area contributed by atoms with Crippen molar-refractivity contribution in [2.24, 2.45) is 0 Å². The highest BCUT2D eigenvalue weighted by atomic mass is 32.1. The maximum Gasteiger partial charge on any atom is 0.141 e. The Morgan fingerprint density at radius 3 is 2.70 bits per heavy atom. The summed E-state index contributed by atoms with van der Waals surface area (Å²) in [6.07, 6.45) is 5.70. The summed E-state index contributed by atoms with van der Waals surface area (Å²) < 4.78 is 5.44. The number of nitrogens with one attached hydrogen (secondary N) is 1. The quantitative estimate of drug-likeness (QED) is 0.846. The van der Waals surface area contributed by atoms with E-state index in [-0.39, 0.29) is 6.04 Å². The predicted octanol–water partition coefficient (Wildman–Crippen LogP) is 3.61. The third-order valence-corrected chi connectivity index (χ3v) is 4.59. The molecule has 2 aromatic rings. The Bertz CT molecular complexity index is 539. The molecule has 2 aromatic heterocycles. The van der Waals surface area contributed by atoms with Crippen LogP contribution in [0.3, 0.4) is 0 Å². The summed E-state index contributed by atoms with van der Waals surface area (Å²) in [6, 6.07) is 6.77.